The lowest BCUT2D eigenvalue weighted by atomic mass is 9.27. The van der Waals surface area contributed by atoms with Crippen molar-refractivity contribution < 1.29 is 9.84 Å². The van der Waals surface area contributed by atoms with Crippen molar-refractivity contribution in [2.45, 2.75) is 197 Å². The summed E-state index contributed by atoms with van der Waals surface area (Å²) >= 11 is 0. The van der Waals surface area contributed by atoms with Crippen LogP contribution >= 0.6 is 0 Å². The van der Waals surface area contributed by atoms with E-state index >= 15 is 0 Å². The summed E-state index contributed by atoms with van der Waals surface area (Å²) in [5.74, 6) is 0. The van der Waals surface area contributed by atoms with Gasteiger partial charge in [-0.1, -0.05) is 146 Å². The molecule has 1 saturated carbocycles. The highest BCUT2D eigenvalue weighted by Gasteiger charge is 2.77. The topological polar surface area (TPSA) is 29.5 Å². The van der Waals surface area contributed by atoms with Crippen LogP contribution in [0.4, 0.5) is 0 Å². The quantitative estimate of drug-likeness (QED) is 0.309. The minimum Gasteiger partial charge on any atom is -0.389 e. The third kappa shape index (κ3) is 4.42. The molecule has 0 bridgehead atoms. The predicted molar refractivity (Wildman–Crippen MR) is 184 cm³/mol. The second kappa shape index (κ2) is 9.71. The molecule has 0 aromatic carbocycles. The Morgan fingerprint density at radius 3 is 0.756 bits per heavy atom. The average molecular weight is 581 g/mol. The van der Waals surface area contributed by atoms with Gasteiger partial charge in [-0.3, -0.25) is 0 Å². The van der Waals surface area contributed by atoms with Gasteiger partial charge in [0.25, 0.3) is 0 Å². The summed E-state index contributed by atoms with van der Waals surface area (Å²) in [5, 5.41) is 11.6. The van der Waals surface area contributed by atoms with Crippen molar-refractivity contribution in [3.05, 3.63) is 0 Å². The van der Waals surface area contributed by atoms with E-state index in [9.17, 15) is 5.11 Å². The molecule has 2 rings (SSSR count). The van der Waals surface area contributed by atoms with Crippen LogP contribution in [0.1, 0.15) is 181 Å². The van der Waals surface area contributed by atoms with Crippen LogP contribution in [0.15, 0.2) is 0 Å². The summed E-state index contributed by atoms with van der Waals surface area (Å²) in [6.07, 6.45) is 0. The highest BCUT2D eigenvalue weighted by atomic mass is 16.5. The number of aliphatic hydroxyl groups is 1. The Balaban J connectivity index is 0.000000765. The Bertz CT molecular complexity index is 893. The molecule has 1 heterocycles. The molecule has 0 radical (unpaired) electrons. The summed E-state index contributed by atoms with van der Waals surface area (Å²) in [6.45, 7) is 58.3. The van der Waals surface area contributed by atoms with Gasteiger partial charge in [0.1, 0.15) is 0 Å². The number of hydrogen-bond acceptors (Lipinski definition) is 2. The molecular weight excluding hydrogens is 500 g/mol. The molecule has 0 aromatic heterocycles. The van der Waals surface area contributed by atoms with Gasteiger partial charge >= 0.3 is 0 Å². The van der Waals surface area contributed by atoms with Crippen molar-refractivity contribution in [2.24, 2.45) is 54.1 Å². The van der Waals surface area contributed by atoms with Crippen molar-refractivity contribution in [3.63, 3.8) is 0 Å². The van der Waals surface area contributed by atoms with Crippen LogP contribution in [0.25, 0.3) is 0 Å². The molecular formula is C39H80O2. The average Bonchev–Trinajstić information content (AvgIpc) is 2.67. The van der Waals surface area contributed by atoms with E-state index in [1.807, 2.05) is 0 Å². The summed E-state index contributed by atoms with van der Waals surface area (Å²) in [4.78, 5) is 0. The molecule has 1 aliphatic carbocycles. The maximum Gasteiger partial charge on any atom is 0.0731 e. The smallest absolute Gasteiger partial charge is 0.0731 e. The zero-order valence-corrected chi connectivity index (χ0v) is 32.4. The second-order valence-electron chi connectivity index (χ2n) is 20.7. The molecule has 248 valence electrons. The molecule has 0 spiro atoms. The van der Waals surface area contributed by atoms with Crippen molar-refractivity contribution in [1.82, 2.24) is 0 Å². The molecule has 0 unspecified atom stereocenters. The number of ether oxygens (including phenoxy) is 1. The molecule has 2 heteroatoms. The summed E-state index contributed by atoms with van der Waals surface area (Å²) in [5.41, 5.74) is -0.706. The lowest BCUT2D eigenvalue weighted by Gasteiger charge is -2.78. The molecule has 41 heavy (non-hydrogen) atoms. The Morgan fingerprint density at radius 2 is 0.561 bits per heavy atom. The Morgan fingerprint density at radius 1 is 0.366 bits per heavy atom. The largest absolute Gasteiger partial charge is 0.389 e. The van der Waals surface area contributed by atoms with Gasteiger partial charge in [0, 0.05) is 0 Å². The van der Waals surface area contributed by atoms with Crippen molar-refractivity contribution >= 4 is 0 Å². The van der Waals surface area contributed by atoms with E-state index in [1.165, 1.54) is 0 Å². The fourth-order valence-electron chi connectivity index (χ4n) is 10.7. The number of hydrogen-bond donors (Lipinski definition) is 1. The molecule has 0 aromatic rings. The molecule has 2 fully saturated rings. The number of rotatable bonds is 0. The van der Waals surface area contributed by atoms with Crippen LogP contribution < -0.4 is 0 Å². The standard InChI is InChI=1S/C20H40O.C18H36O.CH4/c1-14(2,3)19(12)15(4,5)17(8,9)20(13,21)18(10,11)16(19,6)7;1-13(2,3)18(12)14(4,5)16(8,9)19-17(10,11)15(18,6)7;/h21H,1-13H3;1-12H3;1H4. The Hall–Kier alpha value is -0.0800. The monoisotopic (exact) mass is 581 g/mol. The molecule has 0 amide bonds. The maximum atomic E-state index is 11.6. The van der Waals surface area contributed by atoms with E-state index in [-0.39, 0.29) is 72.8 Å². The first-order chi connectivity index (χ1) is 16.7. The van der Waals surface area contributed by atoms with E-state index in [1.54, 1.807) is 0 Å². The Kier molecular flexibility index (Phi) is 9.69. The first-order valence-electron chi connectivity index (χ1n) is 16.1. The van der Waals surface area contributed by atoms with Gasteiger partial charge in [0.15, 0.2) is 0 Å². The third-order valence-electron chi connectivity index (χ3n) is 17.1. The van der Waals surface area contributed by atoms with Gasteiger partial charge in [-0.25, -0.2) is 0 Å². The van der Waals surface area contributed by atoms with Gasteiger partial charge in [-0.05, 0) is 88.8 Å². The van der Waals surface area contributed by atoms with Crippen molar-refractivity contribution in [1.29, 1.82) is 0 Å². The van der Waals surface area contributed by atoms with Crippen LogP contribution in [-0.2, 0) is 4.74 Å². The molecule has 1 N–H and O–H groups in total. The maximum absolute atomic E-state index is 11.6. The highest BCUT2D eigenvalue weighted by Crippen LogP contribution is 2.79. The minimum atomic E-state index is -0.738. The van der Waals surface area contributed by atoms with E-state index in [0.29, 0.717) is 0 Å². The minimum absolute atomic E-state index is 0. The van der Waals surface area contributed by atoms with E-state index in [0.717, 1.165) is 0 Å². The first-order valence-corrected chi connectivity index (χ1v) is 16.1. The summed E-state index contributed by atoms with van der Waals surface area (Å²) < 4.78 is 6.58. The van der Waals surface area contributed by atoms with Crippen LogP contribution in [0.2, 0.25) is 0 Å². The van der Waals surface area contributed by atoms with Gasteiger partial charge in [-0.15, -0.1) is 0 Å². The third-order valence-corrected chi connectivity index (χ3v) is 17.1. The van der Waals surface area contributed by atoms with Crippen LogP contribution in [-0.4, -0.2) is 21.9 Å². The van der Waals surface area contributed by atoms with Crippen LogP contribution in [0.5, 0.6) is 0 Å². The fraction of sp³-hybridized carbons (Fsp3) is 1.00. The normalized spacial score (nSPS) is 35.3. The van der Waals surface area contributed by atoms with Gasteiger partial charge in [-0.2, -0.15) is 0 Å². The summed E-state index contributed by atoms with van der Waals surface area (Å²) in [6, 6.07) is 0. The van der Waals surface area contributed by atoms with Crippen LogP contribution in [0.3, 0.4) is 0 Å². The zero-order valence-electron chi connectivity index (χ0n) is 32.4. The molecule has 2 aliphatic rings. The molecule has 1 aliphatic heterocycles. The van der Waals surface area contributed by atoms with Gasteiger partial charge in [0.2, 0.25) is 0 Å². The van der Waals surface area contributed by atoms with Crippen LogP contribution in [0, 0.1) is 54.1 Å². The van der Waals surface area contributed by atoms with E-state index < -0.39 is 5.60 Å². The molecule has 0 atom stereocenters. The summed E-state index contributed by atoms with van der Waals surface area (Å²) in [7, 11) is 0. The first kappa shape index (κ1) is 40.9. The van der Waals surface area contributed by atoms with E-state index in [4.69, 9.17) is 4.74 Å². The predicted octanol–water partition coefficient (Wildman–Crippen LogP) is 12.2. The van der Waals surface area contributed by atoms with E-state index in [2.05, 4.69) is 173 Å². The SMILES string of the molecule is C.CC(C)(C)C1(C)C(C)(C)C(C)(C)C(C)(O)C(C)(C)C1(C)C.CC(C)(C)C1(C)C(C)(C)C(C)(C)OC(C)(C)C1(C)C. The molecule has 2 nitrogen and oxygen atoms in total. The van der Waals surface area contributed by atoms with Gasteiger partial charge in [0.05, 0.1) is 16.8 Å². The van der Waals surface area contributed by atoms with Gasteiger partial charge < -0.3 is 9.84 Å². The zero-order chi connectivity index (χ0) is 33.2. The highest BCUT2D eigenvalue weighted by molar-refractivity contribution is 5.25. The van der Waals surface area contributed by atoms with Crippen molar-refractivity contribution in [2.75, 3.05) is 0 Å². The molecule has 1 saturated heterocycles. The van der Waals surface area contributed by atoms with Crippen molar-refractivity contribution in [3.8, 4) is 0 Å². The Labute approximate surface area is 261 Å². The second-order valence-corrected chi connectivity index (χ2v) is 20.7. The fourth-order valence-corrected chi connectivity index (χ4v) is 10.7. The lowest BCUT2D eigenvalue weighted by Crippen LogP contribution is -2.77. The lowest BCUT2D eigenvalue weighted by molar-refractivity contribution is -0.351.